The Hall–Kier alpha value is -4.46. The topological polar surface area (TPSA) is 233 Å². The second kappa shape index (κ2) is 15.7. The van der Waals surface area contributed by atoms with Crippen LogP contribution in [0.5, 0.6) is 5.75 Å². The van der Waals surface area contributed by atoms with Crippen molar-refractivity contribution in [3.8, 4) is 5.75 Å². The lowest BCUT2D eigenvalue weighted by molar-refractivity contribution is -0.142. The molecule has 2 aromatic carbocycles. The van der Waals surface area contributed by atoms with E-state index in [-0.39, 0.29) is 25.0 Å². The average molecular weight is 597 g/mol. The molecule has 232 valence electrons. The lowest BCUT2D eigenvalue weighted by Crippen LogP contribution is -2.60. The molecule has 5 unspecified atom stereocenters. The minimum atomic E-state index is -1.44. The van der Waals surface area contributed by atoms with Crippen molar-refractivity contribution in [2.75, 3.05) is 6.54 Å². The van der Waals surface area contributed by atoms with Gasteiger partial charge in [-0.2, -0.15) is 0 Å². The molecule has 5 atom stereocenters. The number of hydrogen-bond donors (Lipinski definition) is 9. The number of nitrogens with one attached hydrogen (secondary N) is 4. The first-order valence-electron chi connectivity index (χ1n) is 14.1. The molecule has 3 rings (SSSR count). The van der Waals surface area contributed by atoms with Crippen LogP contribution in [0.4, 0.5) is 0 Å². The lowest BCUT2D eigenvalue weighted by Gasteiger charge is -2.26. The molecule has 3 aromatic rings. The smallest absolute Gasteiger partial charge is 0.326 e. The van der Waals surface area contributed by atoms with E-state index in [1.807, 2.05) is 24.3 Å². The van der Waals surface area contributed by atoms with Crippen LogP contribution >= 0.6 is 0 Å². The summed E-state index contributed by atoms with van der Waals surface area (Å²) < 4.78 is 0. The molecule has 0 aliphatic heterocycles. The van der Waals surface area contributed by atoms with Gasteiger partial charge in [-0.3, -0.25) is 14.4 Å². The Balaban J connectivity index is 1.69. The number of H-pyrrole nitrogens is 1. The number of hydrogen-bond acceptors (Lipinski definition) is 8. The number of phenols is 1. The number of phenolic OH excluding ortho intramolecular Hbond substituents is 1. The average Bonchev–Trinajstić information content (AvgIpc) is 3.38. The van der Waals surface area contributed by atoms with E-state index in [1.165, 1.54) is 19.1 Å². The summed E-state index contributed by atoms with van der Waals surface area (Å²) in [7, 11) is 0. The van der Waals surface area contributed by atoms with E-state index >= 15 is 0 Å². The second-order valence-corrected chi connectivity index (χ2v) is 10.5. The quantitative estimate of drug-likeness (QED) is 0.101. The molecule has 0 saturated heterocycles. The Labute approximate surface area is 249 Å². The van der Waals surface area contributed by atoms with Gasteiger partial charge in [0.2, 0.25) is 17.7 Å². The number of benzene rings is 2. The number of carbonyl (C=O) groups excluding carboxylic acids is 3. The molecule has 0 saturated carbocycles. The van der Waals surface area contributed by atoms with Gasteiger partial charge in [0.1, 0.15) is 23.9 Å². The number of aliphatic hydroxyl groups excluding tert-OH is 1. The number of carboxylic acids is 1. The normalized spacial score (nSPS) is 14.7. The maximum Gasteiger partial charge on any atom is 0.326 e. The van der Waals surface area contributed by atoms with Crippen LogP contribution in [0.1, 0.15) is 37.3 Å². The maximum atomic E-state index is 13.3. The van der Waals surface area contributed by atoms with Crippen molar-refractivity contribution in [2.45, 2.75) is 69.3 Å². The van der Waals surface area contributed by atoms with E-state index in [2.05, 4.69) is 20.9 Å². The molecule has 1 aromatic heterocycles. The zero-order valence-electron chi connectivity index (χ0n) is 24.0. The highest BCUT2D eigenvalue weighted by molar-refractivity contribution is 5.94. The third-order valence-electron chi connectivity index (χ3n) is 7.08. The van der Waals surface area contributed by atoms with E-state index in [4.69, 9.17) is 11.5 Å². The first-order valence-corrected chi connectivity index (χ1v) is 14.1. The minimum absolute atomic E-state index is 0.000169. The molecule has 13 heteroatoms. The third-order valence-corrected chi connectivity index (χ3v) is 7.08. The minimum Gasteiger partial charge on any atom is -0.508 e. The molecule has 1 heterocycles. The number of para-hydroxylation sites is 1. The summed E-state index contributed by atoms with van der Waals surface area (Å²) in [5.74, 6) is -3.45. The third kappa shape index (κ3) is 9.53. The Bertz CT molecular complexity index is 1390. The van der Waals surface area contributed by atoms with Crippen molar-refractivity contribution in [3.63, 3.8) is 0 Å². The molecule has 11 N–H and O–H groups in total. The van der Waals surface area contributed by atoms with Crippen molar-refractivity contribution < 1.29 is 34.5 Å². The van der Waals surface area contributed by atoms with Gasteiger partial charge in [-0.25, -0.2) is 4.79 Å². The molecular weight excluding hydrogens is 556 g/mol. The lowest BCUT2D eigenvalue weighted by atomic mass is 10.0. The number of aliphatic carboxylic acids is 1. The standard InChI is InChI=1S/C30H40N6O7/c1-17(37)26(36-27(39)22(32)14-18-9-11-20(38)12-10-18)29(41)34-24(8-4-5-13-31)28(40)35-25(30(42)43)15-19-16-33-23-7-3-2-6-21(19)23/h2-3,6-7,9-12,16-17,22,24-26,33,37-38H,4-5,8,13-15,31-32H2,1H3,(H,34,41)(H,35,40)(H,36,39)(H,42,43). The van der Waals surface area contributed by atoms with Crippen molar-refractivity contribution in [1.82, 2.24) is 20.9 Å². The van der Waals surface area contributed by atoms with Gasteiger partial charge in [0.25, 0.3) is 0 Å². The highest BCUT2D eigenvalue weighted by Gasteiger charge is 2.32. The number of aliphatic hydroxyl groups is 1. The van der Waals surface area contributed by atoms with Crippen LogP contribution in [0.2, 0.25) is 0 Å². The molecule has 43 heavy (non-hydrogen) atoms. The van der Waals surface area contributed by atoms with Crippen molar-refractivity contribution >= 4 is 34.6 Å². The van der Waals surface area contributed by atoms with Crippen molar-refractivity contribution in [1.29, 1.82) is 0 Å². The van der Waals surface area contributed by atoms with Crippen LogP contribution in [0, 0.1) is 0 Å². The fourth-order valence-electron chi connectivity index (χ4n) is 4.66. The van der Waals surface area contributed by atoms with E-state index in [0.717, 1.165) is 10.9 Å². The highest BCUT2D eigenvalue weighted by Crippen LogP contribution is 2.19. The number of aromatic amines is 1. The number of carbonyl (C=O) groups is 4. The largest absolute Gasteiger partial charge is 0.508 e. The van der Waals surface area contributed by atoms with Gasteiger partial charge >= 0.3 is 5.97 Å². The number of unbranched alkanes of at least 4 members (excludes halogenated alkanes) is 1. The van der Waals surface area contributed by atoms with Crippen LogP contribution in [-0.2, 0) is 32.0 Å². The summed E-state index contributed by atoms with van der Waals surface area (Å²) in [6.45, 7) is 1.66. The van der Waals surface area contributed by atoms with Gasteiger partial charge in [0.15, 0.2) is 0 Å². The van der Waals surface area contributed by atoms with Crippen LogP contribution in [0.25, 0.3) is 10.9 Å². The SMILES string of the molecule is CC(O)C(NC(=O)C(N)Cc1ccc(O)cc1)C(=O)NC(CCCCN)C(=O)NC(Cc1c[nH]c2ccccc12)C(=O)O. The zero-order valence-corrected chi connectivity index (χ0v) is 24.0. The summed E-state index contributed by atoms with van der Waals surface area (Å²) in [4.78, 5) is 54.5. The summed E-state index contributed by atoms with van der Waals surface area (Å²) in [6, 6.07) is 8.55. The number of aromatic hydroxyl groups is 1. The molecule has 0 aliphatic rings. The summed E-state index contributed by atoms with van der Waals surface area (Å²) in [6.07, 6.45) is 1.62. The van der Waals surface area contributed by atoms with E-state index in [9.17, 15) is 34.5 Å². The number of aromatic nitrogens is 1. The first-order chi connectivity index (χ1) is 20.5. The molecule has 3 amide bonds. The predicted octanol–water partition coefficient (Wildman–Crippen LogP) is 0.0348. The Morgan fingerprint density at radius 3 is 2.21 bits per heavy atom. The summed E-state index contributed by atoms with van der Waals surface area (Å²) >= 11 is 0. The number of rotatable bonds is 16. The fourth-order valence-corrected chi connectivity index (χ4v) is 4.66. The predicted molar refractivity (Wildman–Crippen MR) is 160 cm³/mol. The molecule has 0 spiro atoms. The number of nitrogens with two attached hydrogens (primary N) is 2. The second-order valence-electron chi connectivity index (χ2n) is 10.5. The van der Waals surface area contributed by atoms with Gasteiger partial charge in [0, 0.05) is 23.5 Å². The molecule has 0 fully saturated rings. The number of fused-ring (bicyclic) bond motifs is 1. The van der Waals surface area contributed by atoms with Gasteiger partial charge in [0.05, 0.1) is 12.1 Å². The molecule has 0 bridgehead atoms. The number of amides is 3. The van der Waals surface area contributed by atoms with Crippen LogP contribution in [-0.4, -0.2) is 80.8 Å². The van der Waals surface area contributed by atoms with Gasteiger partial charge in [-0.15, -0.1) is 0 Å². The number of carboxylic acid groups (broad SMARTS) is 1. The monoisotopic (exact) mass is 596 g/mol. The van der Waals surface area contributed by atoms with Crippen molar-refractivity contribution in [2.24, 2.45) is 11.5 Å². The zero-order chi connectivity index (χ0) is 31.5. The first kappa shape index (κ1) is 33.0. The highest BCUT2D eigenvalue weighted by atomic mass is 16.4. The molecular formula is C30H40N6O7. The van der Waals surface area contributed by atoms with E-state index < -0.39 is 54.0 Å². The van der Waals surface area contributed by atoms with E-state index in [0.29, 0.717) is 30.5 Å². The summed E-state index contributed by atoms with van der Waals surface area (Å²) in [5.41, 5.74) is 13.8. The summed E-state index contributed by atoms with van der Waals surface area (Å²) in [5, 5.41) is 38.0. The molecule has 0 radical (unpaired) electrons. The molecule has 13 nitrogen and oxygen atoms in total. The fraction of sp³-hybridized carbons (Fsp3) is 0.400. The Morgan fingerprint density at radius 1 is 0.884 bits per heavy atom. The van der Waals surface area contributed by atoms with Crippen LogP contribution in [0.15, 0.2) is 54.7 Å². The van der Waals surface area contributed by atoms with Crippen molar-refractivity contribution in [3.05, 3.63) is 65.9 Å². The van der Waals surface area contributed by atoms with E-state index in [1.54, 1.807) is 18.3 Å². The molecule has 0 aliphatic carbocycles. The van der Waals surface area contributed by atoms with Gasteiger partial charge in [-0.1, -0.05) is 30.3 Å². The maximum absolute atomic E-state index is 13.3. The van der Waals surface area contributed by atoms with Crippen LogP contribution < -0.4 is 27.4 Å². The van der Waals surface area contributed by atoms with Gasteiger partial charge in [-0.05, 0) is 68.5 Å². The van der Waals surface area contributed by atoms with Gasteiger partial charge < -0.3 is 47.7 Å². The van der Waals surface area contributed by atoms with Crippen LogP contribution in [0.3, 0.4) is 0 Å². The Morgan fingerprint density at radius 2 is 1.56 bits per heavy atom. The Kier molecular flexibility index (Phi) is 12.0.